The van der Waals surface area contributed by atoms with E-state index in [1.165, 1.54) is 11.5 Å². The summed E-state index contributed by atoms with van der Waals surface area (Å²) in [5, 5.41) is 1.03. The second-order valence-electron chi connectivity index (χ2n) is 5.64. The van der Waals surface area contributed by atoms with E-state index in [4.69, 9.17) is 4.42 Å². The Hall–Kier alpha value is -2.15. The zero-order valence-electron chi connectivity index (χ0n) is 13.1. The van der Waals surface area contributed by atoms with Gasteiger partial charge in [0.25, 0.3) is 6.01 Å². The number of oxazole rings is 1. The summed E-state index contributed by atoms with van der Waals surface area (Å²) in [6, 6.07) is 8.63. The van der Waals surface area contributed by atoms with E-state index >= 15 is 0 Å². The van der Waals surface area contributed by atoms with Crippen LogP contribution in [0, 0.1) is 0 Å². The van der Waals surface area contributed by atoms with Crippen molar-refractivity contribution in [2.24, 2.45) is 0 Å². The van der Waals surface area contributed by atoms with Crippen LogP contribution in [0.2, 0.25) is 0 Å². The molecule has 6 nitrogen and oxygen atoms in total. The van der Waals surface area contributed by atoms with E-state index < -0.39 is 0 Å². The summed E-state index contributed by atoms with van der Waals surface area (Å²) in [5.74, 6) is 0.935. The van der Waals surface area contributed by atoms with Gasteiger partial charge in [-0.25, -0.2) is 4.98 Å². The lowest BCUT2D eigenvalue weighted by atomic mass is 10.3. The molecular weight excluding hydrogens is 310 g/mol. The van der Waals surface area contributed by atoms with Crippen LogP contribution in [0.5, 0.6) is 0 Å². The number of hydrogen-bond donors (Lipinski definition) is 0. The van der Waals surface area contributed by atoms with Gasteiger partial charge in [-0.05, 0) is 18.6 Å². The predicted octanol–water partition coefficient (Wildman–Crippen LogP) is 2.96. The molecule has 0 saturated carbocycles. The molecule has 1 aliphatic rings. The summed E-state index contributed by atoms with van der Waals surface area (Å²) >= 11 is 1.50. The average Bonchev–Trinajstić information content (AvgIpc) is 3.16. The van der Waals surface area contributed by atoms with Gasteiger partial charge in [0.15, 0.2) is 5.58 Å². The van der Waals surface area contributed by atoms with Crippen molar-refractivity contribution in [1.82, 2.24) is 14.3 Å². The Bertz CT molecular complexity index is 765. The number of hydrogen-bond acceptors (Lipinski definition) is 7. The molecule has 2 aromatic heterocycles. The topological polar surface area (TPSA) is 58.3 Å². The van der Waals surface area contributed by atoms with Crippen LogP contribution in [0.4, 0.5) is 11.1 Å². The summed E-state index contributed by atoms with van der Waals surface area (Å²) in [6.45, 7) is 5.83. The van der Waals surface area contributed by atoms with Crippen LogP contribution >= 0.6 is 11.5 Å². The molecule has 1 aliphatic heterocycles. The number of anilines is 2. The number of aryl methyl sites for hydroxylation is 1. The summed E-state index contributed by atoms with van der Waals surface area (Å²) in [6.07, 6.45) is 1.94. The maximum Gasteiger partial charge on any atom is 0.298 e. The largest absolute Gasteiger partial charge is 0.423 e. The lowest BCUT2D eigenvalue weighted by Crippen LogP contribution is -2.30. The molecule has 0 radical (unpaired) electrons. The van der Waals surface area contributed by atoms with E-state index in [-0.39, 0.29) is 0 Å². The molecule has 4 rings (SSSR count). The lowest BCUT2D eigenvalue weighted by Gasteiger charge is -2.19. The van der Waals surface area contributed by atoms with Crippen molar-refractivity contribution >= 4 is 33.8 Å². The fourth-order valence-corrected chi connectivity index (χ4v) is 3.61. The average molecular weight is 329 g/mol. The molecule has 0 bridgehead atoms. The highest BCUT2D eigenvalue weighted by molar-refractivity contribution is 7.09. The Morgan fingerprint density at radius 3 is 2.74 bits per heavy atom. The molecule has 1 aromatic carbocycles. The minimum absolute atomic E-state index is 0.722. The van der Waals surface area contributed by atoms with Crippen LogP contribution in [0.15, 0.2) is 28.7 Å². The van der Waals surface area contributed by atoms with Crippen molar-refractivity contribution in [2.75, 3.05) is 36.0 Å². The van der Waals surface area contributed by atoms with Crippen LogP contribution in [0.25, 0.3) is 11.1 Å². The number of rotatable bonds is 3. The minimum atomic E-state index is 0.722. The van der Waals surface area contributed by atoms with Crippen molar-refractivity contribution in [3.63, 3.8) is 0 Å². The van der Waals surface area contributed by atoms with E-state index in [0.717, 1.165) is 67.1 Å². The molecule has 0 amide bonds. The van der Waals surface area contributed by atoms with Crippen LogP contribution in [-0.2, 0) is 6.42 Å². The molecule has 0 atom stereocenters. The van der Waals surface area contributed by atoms with Gasteiger partial charge in [-0.2, -0.15) is 9.36 Å². The number of aromatic nitrogens is 3. The number of fused-ring (bicyclic) bond motifs is 1. The molecule has 3 aromatic rings. The minimum Gasteiger partial charge on any atom is -0.423 e. The smallest absolute Gasteiger partial charge is 0.298 e. The molecule has 23 heavy (non-hydrogen) atoms. The Morgan fingerprint density at radius 2 is 1.91 bits per heavy atom. The van der Waals surface area contributed by atoms with Gasteiger partial charge in [0.2, 0.25) is 5.13 Å². The predicted molar refractivity (Wildman–Crippen MR) is 92.3 cm³/mol. The maximum atomic E-state index is 5.90. The molecule has 7 heteroatoms. The number of para-hydroxylation sites is 2. The van der Waals surface area contributed by atoms with Gasteiger partial charge in [0.1, 0.15) is 11.3 Å². The second kappa shape index (κ2) is 6.16. The molecule has 0 N–H and O–H groups in total. The molecule has 0 unspecified atom stereocenters. The van der Waals surface area contributed by atoms with E-state index in [2.05, 4.69) is 31.1 Å². The van der Waals surface area contributed by atoms with Gasteiger partial charge in [0.05, 0.1) is 0 Å². The molecule has 1 fully saturated rings. The van der Waals surface area contributed by atoms with Crippen molar-refractivity contribution in [3.8, 4) is 0 Å². The lowest BCUT2D eigenvalue weighted by molar-refractivity contribution is 0.571. The molecule has 0 spiro atoms. The summed E-state index contributed by atoms with van der Waals surface area (Å²) in [5.41, 5.74) is 1.76. The molecule has 120 valence electrons. The first kappa shape index (κ1) is 14.4. The normalized spacial score (nSPS) is 16.0. The van der Waals surface area contributed by atoms with Crippen LogP contribution in [-0.4, -0.2) is 40.5 Å². The Kier molecular flexibility index (Phi) is 3.87. The Morgan fingerprint density at radius 1 is 1.09 bits per heavy atom. The molecule has 3 heterocycles. The van der Waals surface area contributed by atoms with E-state index in [1.807, 2.05) is 24.3 Å². The van der Waals surface area contributed by atoms with Crippen molar-refractivity contribution in [2.45, 2.75) is 19.8 Å². The number of benzene rings is 1. The van der Waals surface area contributed by atoms with Crippen molar-refractivity contribution in [3.05, 3.63) is 30.1 Å². The van der Waals surface area contributed by atoms with Gasteiger partial charge < -0.3 is 14.2 Å². The molecule has 0 aliphatic carbocycles. The maximum absolute atomic E-state index is 5.90. The van der Waals surface area contributed by atoms with Gasteiger partial charge in [-0.3, -0.25) is 0 Å². The third-order valence-electron chi connectivity index (χ3n) is 4.09. The third kappa shape index (κ3) is 2.88. The fourth-order valence-electron chi connectivity index (χ4n) is 2.81. The van der Waals surface area contributed by atoms with Gasteiger partial charge in [-0.15, -0.1) is 0 Å². The monoisotopic (exact) mass is 329 g/mol. The summed E-state index contributed by atoms with van der Waals surface area (Å²) < 4.78 is 10.3. The first-order chi connectivity index (χ1) is 11.3. The standard InChI is InChI=1S/C16H19N5OS/c1-2-14-18-16(23-19-14)21-9-5-8-20(10-11-21)15-17-12-6-3-4-7-13(12)22-15/h3-4,6-7H,2,5,8-11H2,1H3. The van der Waals surface area contributed by atoms with Gasteiger partial charge >= 0.3 is 0 Å². The first-order valence-electron chi connectivity index (χ1n) is 8.01. The van der Waals surface area contributed by atoms with E-state index in [1.54, 1.807) is 0 Å². The zero-order valence-corrected chi connectivity index (χ0v) is 13.9. The van der Waals surface area contributed by atoms with E-state index in [9.17, 15) is 0 Å². The Labute approximate surface area is 138 Å². The van der Waals surface area contributed by atoms with Crippen LogP contribution in [0.3, 0.4) is 0 Å². The van der Waals surface area contributed by atoms with Crippen LogP contribution < -0.4 is 9.80 Å². The third-order valence-corrected chi connectivity index (χ3v) is 4.91. The Balaban J connectivity index is 1.50. The van der Waals surface area contributed by atoms with Crippen molar-refractivity contribution in [1.29, 1.82) is 0 Å². The number of nitrogens with zero attached hydrogens (tertiary/aromatic N) is 5. The van der Waals surface area contributed by atoms with Gasteiger partial charge in [0, 0.05) is 44.1 Å². The molecule has 1 saturated heterocycles. The van der Waals surface area contributed by atoms with E-state index in [0.29, 0.717) is 0 Å². The summed E-state index contributed by atoms with van der Waals surface area (Å²) in [4.78, 5) is 13.8. The van der Waals surface area contributed by atoms with Gasteiger partial charge in [-0.1, -0.05) is 19.1 Å². The highest BCUT2D eigenvalue weighted by atomic mass is 32.1. The second-order valence-corrected chi connectivity index (χ2v) is 6.37. The fraction of sp³-hybridized carbons (Fsp3) is 0.438. The summed E-state index contributed by atoms with van der Waals surface area (Å²) in [7, 11) is 0. The highest BCUT2D eigenvalue weighted by Gasteiger charge is 2.21. The van der Waals surface area contributed by atoms with Crippen molar-refractivity contribution < 1.29 is 4.42 Å². The quantitative estimate of drug-likeness (QED) is 0.736. The highest BCUT2D eigenvalue weighted by Crippen LogP contribution is 2.24. The SMILES string of the molecule is CCc1nsc(N2CCCN(c3nc4ccccc4o3)CC2)n1. The first-order valence-corrected chi connectivity index (χ1v) is 8.79. The zero-order chi connectivity index (χ0) is 15.6. The van der Waals surface area contributed by atoms with Crippen LogP contribution in [0.1, 0.15) is 19.2 Å². The molecular formula is C16H19N5OS.